The van der Waals surface area contributed by atoms with Crippen molar-refractivity contribution in [3.05, 3.63) is 24.3 Å². The molecule has 0 radical (unpaired) electrons. The van der Waals surface area contributed by atoms with Gasteiger partial charge in [0.2, 0.25) is 5.91 Å². The predicted molar refractivity (Wildman–Crippen MR) is 82.5 cm³/mol. The number of amides is 1. The molecule has 1 aromatic rings. The fourth-order valence-corrected chi connectivity index (χ4v) is 2.80. The maximum atomic E-state index is 12.5. The molecular formula is C16H21F3N2O3. The fraction of sp³-hybridized carbons (Fsp3) is 0.562. The van der Waals surface area contributed by atoms with E-state index < -0.39 is 23.2 Å². The summed E-state index contributed by atoms with van der Waals surface area (Å²) in [5.41, 5.74) is 4.93. The summed E-state index contributed by atoms with van der Waals surface area (Å²) in [4.78, 5) is 12.5. The van der Waals surface area contributed by atoms with E-state index in [4.69, 9.17) is 10.5 Å². The number of carbonyl (C=O) groups excluding carboxylic acids is 1. The molecule has 1 aliphatic carbocycles. The maximum absolute atomic E-state index is 12.5. The molecule has 0 aromatic heterocycles. The highest BCUT2D eigenvalue weighted by atomic mass is 19.4. The van der Waals surface area contributed by atoms with Crippen LogP contribution < -0.4 is 15.8 Å². The molecule has 2 unspecified atom stereocenters. The van der Waals surface area contributed by atoms with Crippen LogP contribution in [0.1, 0.15) is 27.2 Å². The van der Waals surface area contributed by atoms with Crippen LogP contribution in [0, 0.1) is 5.41 Å². The van der Waals surface area contributed by atoms with Gasteiger partial charge in [-0.3, -0.25) is 4.79 Å². The van der Waals surface area contributed by atoms with E-state index in [0.717, 1.165) is 12.1 Å². The van der Waals surface area contributed by atoms with Gasteiger partial charge in [0.25, 0.3) is 0 Å². The van der Waals surface area contributed by atoms with Gasteiger partial charge in [-0.2, -0.15) is 0 Å². The molecule has 1 aliphatic rings. The van der Waals surface area contributed by atoms with E-state index in [1.54, 1.807) is 0 Å². The van der Waals surface area contributed by atoms with E-state index in [1.165, 1.54) is 12.1 Å². The van der Waals surface area contributed by atoms with Crippen molar-refractivity contribution in [2.45, 2.75) is 45.2 Å². The van der Waals surface area contributed by atoms with Crippen molar-refractivity contribution in [2.24, 2.45) is 11.1 Å². The molecule has 0 bridgehead atoms. The lowest BCUT2D eigenvalue weighted by Crippen LogP contribution is -2.74. The average Bonchev–Trinajstić information content (AvgIpc) is 2.47. The second kappa shape index (κ2) is 6.25. The highest BCUT2D eigenvalue weighted by Gasteiger charge is 2.62. The molecule has 24 heavy (non-hydrogen) atoms. The predicted octanol–water partition coefficient (Wildman–Crippen LogP) is 3.06. The molecule has 3 N–H and O–H groups in total. The van der Waals surface area contributed by atoms with Gasteiger partial charge in [-0.25, -0.2) is 0 Å². The van der Waals surface area contributed by atoms with Gasteiger partial charge in [0.05, 0.1) is 6.10 Å². The van der Waals surface area contributed by atoms with E-state index in [2.05, 4.69) is 10.1 Å². The number of anilines is 1. The van der Waals surface area contributed by atoms with Crippen LogP contribution in [-0.2, 0) is 9.53 Å². The van der Waals surface area contributed by atoms with Crippen LogP contribution >= 0.6 is 0 Å². The minimum absolute atomic E-state index is 0.110. The van der Waals surface area contributed by atoms with Crippen LogP contribution in [0.5, 0.6) is 5.75 Å². The first-order valence-electron chi connectivity index (χ1n) is 7.57. The summed E-state index contributed by atoms with van der Waals surface area (Å²) in [6.45, 7) is 6.12. The number of ether oxygens (including phenoxy) is 2. The summed E-state index contributed by atoms with van der Waals surface area (Å²) in [5, 5.41) is 2.64. The van der Waals surface area contributed by atoms with Crippen molar-refractivity contribution in [2.75, 3.05) is 11.9 Å². The highest BCUT2D eigenvalue weighted by Crippen LogP contribution is 2.50. The molecule has 1 fully saturated rings. The molecule has 0 spiro atoms. The molecule has 1 aromatic carbocycles. The lowest BCUT2D eigenvalue weighted by molar-refractivity contribution is -0.274. The van der Waals surface area contributed by atoms with Gasteiger partial charge in [0.1, 0.15) is 11.3 Å². The second-order valence-electron chi connectivity index (χ2n) is 6.37. The van der Waals surface area contributed by atoms with E-state index in [0.29, 0.717) is 18.7 Å². The summed E-state index contributed by atoms with van der Waals surface area (Å²) in [6, 6.07) is 4.91. The zero-order chi connectivity index (χ0) is 18.2. The maximum Gasteiger partial charge on any atom is 0.573 e. The van der Waals surface area contributed by atoms with Crippen molar-refractivity contribution in [1.82, 2.24) is 0 Å². The van der Waals surface area contributed by atoms with Gasteiger partial charge >= 0.3 is 6.36 Å². The molecule has 2 rings (SSSR count). The number of nitrogens with two attached hydrogens (primary N) is 1. The van der Waals surface area contributed by atoms with Gasteiger partial charge < -0.3 is 20.5 Å². The third kappa shape index (κ3) is 3.49. The van der Waals surface area contributed by atoms with Crippen molar-refractivity contribution in [3.8, 4) is 5.75 Å². The van der Waals surface area contributed by atoms with Crippen LogP contribution in [0.4, 0.5) is 18.9 Å². The van der Waals surface area contributed by atoms with Gasteiger partial charge in [0.15, 0.2) is 0 Å². The fourth-order valence-electron chi connectivity index (χ4n) is 2.80. The van der Waals surface area contributed by atoms with Gasteiger partial charge in [-0.05, 0) is 31.2 Å². The lowest BCUT2D eigenvalue weighted by Gasteiger charge is -2.57. The topological polar surface area (TPSA) is 73.6 Å². The highest BCUT2D eigenvalue weighted by molar-refractivity contribution is 5.99. The van der Waals surface area contributed by atoms with E-state index in [-0.39, 0.29) is 11.9 Å². The Labute approximate surface area is 138 Å². The first kappa shape index (κ1) is 18.5. The molecular weight excluding hydrogens is 325 g/mol. The average molecular weight is 346 g/mol. The van der Waals surface area contributed by atoms with E-state index in [1.807, 2.05) is 20.8 Å². The molecule has 0 heterocycles. The summed E-state index contributed by atoms with van der Waals surface area (Å²) in [6.07, 6.45) is -4.48. The summed E-state index contributed by atoms with van der Waals surface area (Å²) < 4.78 is 45.7. The van der Waals surface area contributed by atoms with E-state index in [9.17, 15) is 18.0 Å². The summed E-state index contributed by atoms with van der Waals surface area (Å²) in [7, 11) is 0. The molecule has 1 amide bonds. The number of hydrogen-bond acceptors (Lipinski definition) is 4. The smallest absolute Gasteiger partial charge is 0.406 e. The van der Waals surface area contributed by atoms with Crippen LogP contribution in [-0.4, -0.2) is 30.5 Å². The van der Waals surface area contributed by atoms with Crippen LogP contribution in [0.2, 0.25) is 0 Å². The molecule has 0 saturated heterocycles. The Balaban J connectivity index is 2.02. The van der Waals surface area contributed by atoms with Gasteiger partial charge in [0, 0.05) is 24.1 Å². The van der Waals surface area contributed by atoms with Crippen molar-refractivity contribution >= 4 is 11.6 Å². The molecule has 2 atom stereocenters. The Morgan fingerprint density at radius 2 is 1.92 bits per heavy atom. The van der Waals surface area contributed by atoms with Gasteiger partial charge in [-0.15, -0.1) is 13.2 Å². The number of hydrogen-bond donors (Lipinski definition) is 2. The number of halogens is 3. The minimum Gasteiger partial charge on any atom is -0.406 e. The van der Waals surface area contributed by atoms with Gasteiger partial charge in [-0.1, -0.05) is 13.8 Å². The molecule has 8 heteroatoms. The zero-order valence-electron chi connectivity index (χ0n) is 13.7. The largest absolute Gasteiger partial charge is 0.573 e. The molecule has 1 saturated carbocycles. The summed E-state index contributed by atoms with van der Waals surface area (Å²) in [5.74, 6) is -0.753. The van der Waals surface area contributed by atoms with Crippen LogP contribution in [0.3, 0.4) is 0 Å². The number of carbonyl (C=O) groups is 1. The quantitative estimate of drug-likeness (QED) is 0.859. The number of rotatable bonds is 5. The van der Waals surface area contributed by atoms with Crippen molar-refractivity contribution in [3.63, 3.8) is 0 Å². The van der Waals surface area contributed by atoms with Crippen LogP contribution in [0.15, 0.2) is 24.3 Å². The van der Waals surface area contributed by atoms with Crippen molar-refractivity contribution < 1.29 is 27.4 Å². The van der Waals surface area contributed by atoms with Crippen LogP contribution in [0.25, 0.3) is 0 Å². The second-order valence-corrected chi connectivity index (χ2v) is 6.37. The first-order valence-corrected chi connectivity index (χ1v) is 7.57. The Kier molecular flexibility index (Phi) is 4.83. The lowest BCUT2D eigenvalue weighted by atomic mass is 9.54. The monoisotopic (exact) mass is 346 g/mol. The standard InChI is InChI=1S/C16H21F3N2O3/c1-4-23-12-9-15(20,14(12,2)3)13(22)21-10-5-7-11(8-6-10)24-16(17,18)19/h5-8,12H,4,9,20H2,1-3H3,(H,21,22). The number of benzene rings is 1. The SMILES string of the molecule is CCOC1CC(N)(C(=O)Nc2ccc(OC(F)(F)F)cc2)C1(C)C. The third-order valence-corrected chi connectivity index (χ3v) is 4.58. The van der Waals surface area contributed by atoms with Crippen molar-refractivity contribution in [1.29, 1.82) is 0 Å². The summed E-state index contributed by atoms with van der Waals surface area (Å²) >= 11 is 0. The minimum atomic E-state index is -4.75. The molecule has 5 nitrogen and oxygen atoms in total. The molecule has 0 aliphatic heterocycles. The number of nitrogens with one attached hydrogen (secondary N) is 1. The van der Waals surface area contributed by atoms with E-state index >= 15 is 0 Å². The Bertz CT molecular complexity index is 602. The Hall–Kier alpha value is -1.80. The molecule has 134 valence electrons. The Morgan fingerprint density at radius 1 is 1.33 bits per heavy atom. The Morgan fingerprint density at radius 3 is 2.38 bits per heavy atom. The first-order chi connectivity index (χ1) is 11.0. The number of alkyl halides is 3. The zero-order valence-corrected chi connectivity index (χ0v) is 13.7. The normalized spacial score (nSPS) is 25.7. The third-order valence-electron chi connectivity index (χ3n) is 4.58.